The van der Waals surface area contributed by atoms with E-state index in [1.165, 1.54) is 44.9 Å². The van der Waals surface area contributed by atoms with Crippen LogP contribution in [-0.2, 0) is 19.1 Å². The number of hydrogen-bond acceptors (Lipinski definition) is 4. The number of carbonyl (C=O) groups excluding carboxylic acids is 2. The van der Waals surface area contributed by atoms with Gasteiger partial charge in [0, 0.05) is 0 Å². The van der Waals surface area contributed by atoms with Crippen molar-refractivity contribution < 1.29 is 19.1 Å². The van der Waals surface area contributed by atoms with E-state index in [0.717, 1.165) is 17.5 Å². The van der Waals surface area contributed by atoms with Gasteiger partial charge in [-0.2, -0.15) is 0 Å². The van der Waals surface area contributed by atoms with Gasteiger partial charge in [-0.05, 0) is 24.0 Å². The highest BCUT2D eigenvalue weighted by Crippen LogP contribution is 2.26. The first-order chi connectivity index (χ1) is 16.2. The predicted molar refractivity (Wildman–Crippen MR) is 133 cm³/mol. The predicted octanol–water partition coefficient (Wildman–Crippen LogP) is 7.34. The second kappa shape index (κ2) is 16.7. The monoisotopic (exact) mass is 450 g/mol. The summed E-state index contributed by atoms with van der Waals surface area (Å²) in [6.07, 6.45) is 13.5. The first kappa shape index (κ1) is 26.4. The Morgan fingerprint density at radius 2 is 1.27 bits per heavy atom. The second-order valence-electron chi connectivity index (χ2n) is 8.26. The van der Waals surface area contributed by atoms with Crippen LogP contribution in [0.1, 0.15) is 88.4 Å². The van der Waals surface area contributed by atoms with Crippen LogP contribution < -0.4 is 0 Å². The van der Waals surface area contributed by atoms with Gasteiger partial charge >= 0.3 is 11.9 Å². The molecule has 0 saturated carbocycles. The van der Waals surface area contributed by atoms with Gasteiger partial charge in [-0.15, -0.1) is 0 Å². The molecule has 0 fully saturated rings. The Morgan fingerprint density at radius 1 is 0.727 bits per heavy atom. The summed E-state index contributed by atoms with van der Waals surface area (Å²) >= 11 is 0. The Labute approximate surface area is 199 Å². The average molecular weight is 451 g/mol. The van der Waals surface area contributed by atoms with Crippen molar-refractivity contribution in [3.63, 3.8) is 0 Å². The number of carbonyl (C=O) groups is 2. The van der Waals surface area contributed by atoms with Crippen molar-refractivity contribution in [1.82, 2.24) is 0 Å². The number of esters is 2. The molecule has 0 aliphatic carbocycles. The molecule has 178 valence electrons. The van der Waals surface area contributed by atoms with E-state index in [9.17, 15) is 9.59 Å². The minimum Gasteiger partial charge on any atom is -0.461 e. The van der Waals surface area contributed by atoms with E-state index in [2.05, 4.69) is 13.0 Å². The molecule has 0 aliphatic heterocycles. The highest BCUT2D eigenvalue weighted by Gasteiger charge is 2.19. The zero-order chi connectivity index (χ0) is 23.6. The van der Waals surface area contributed by atoms with Crippen LogP contribution >= 0.6 is 0 Å². The van der Waals surface area contributed by atoms with E-state index in [4.69, 9.17) is 9.47 Å². The largest absolute Gasteiger partial charge is 0.461 e. The third-order valence-corrected chi connectivity index (χ3v) is 5.47. The summed E-state index contributed by atoms with van der Waals surface area (Å²) in [4.78, 5) is 24.4. The summed E-state index contributed by atoms with van der Waals surface area (Å²) in [6.45, 7) is 2.48. The highest BCUT2D eigenvalue weighted by molar-refractivity contribution is 5.78. The van der Waals surface area contributed by atoms with Crippen LogP contribution in [0.5, 0.6) is 0 Å². The minimum atomic E-state index is -0.495. The number of benzene rings is 2. The van der Waals surface area contributed by atoms with Crippen molar-refractivity contribution >= 4 is 11.9 Å². The first-order valence-corrected chi connectivity index (χ1v) is 12.3. The number of unbranched alkanes of at least 4 members (excludes halogenated alkanes) is 7. The molecule has 2 aromatic rings. The van der Waals surface area contributed by atoms with Gasteiger partial charge in [-0.3, -0.25) is 9.59 Å². The second-order valence-corrected chi connectivity index (χ2v) is 8.26. The summed E-state index contributed by atoms with van der Waals surface area (Å²) in [6, 6.07) is 19.2. The summed E-state index contributed by atoms with van der Waals surface area (Å²) in [7, 11) is 0. The molecule has 0 aromatic heterocycles. The van der Waals surface area contributed by atoms with E-state index in [1.54, 1.807) is 0 Å². The number of allylic oxidation sites excluding steroid dienone is 1. The maximum absolute atomic E-state index is 12.4. The molecule has 0 saturated heterocycles. The van der Waals surface area contributed by atoms with Crippen molar-refractivity contribution in [2.45, 2.75) is 77.2 Å². The van der Waals surface area contributed by atoms with Gasteiger partial charge in [0.2, 0.25) is 0 Å². The molecule has 0 heterocycles. The third-order valence-electron chi connectivity index (χ3n) is 5.47. The molecule has 0 spiro atoms. The quantitative estimate of drug-likeness (QED) is 0.152. The van der Waals surface area contributed by atoms with Gasteiger partial charge in [0.05, 0.1) is 12.8 Å². The molecule has 2 rings (SSSR count). The number of ether oxygens (including phenoxy) is 2. The van der Waals surface area contributed by atoms with E-state index < -0.39 is 12.1 Å². The fourth-order valence-electron chi connectivity index (χ4n) is 3.60. The zero-order valence-electron chi connectivity index (χ0n) is 19.9. The van der Waals surface area contributed by atoms with Gasteiger partial charge in [0.25, 0.3) is 0 Å². The standard InChI is InChI=1S/C29H38O4/c1-2-3-4-5-6-7-8-9-10-17-24-32-27(30)22-23-28(31)33-29(25-18-13-11-14-19-25)26-20-15-12-16-21-26/h10-21,29H,2-9,22-24H2,1H3/b17-10+. The highest BCUT2D eigenvalue weighted by atomic mass is 16.5. The van der Waals surface area contributed by atoms with Crippen LogP contribution in [-0.4, -0.2) is 18.5 Å². The maximum atomic E-state index is 12.4. The Balaban J connectivity index is 1.64. The molecule has 0 bridgehead atoms. The Kier molecular flexibility index (Phi) is 13.4. The third kappa shape index (κ3) is 11.5. The van der Waals surface area contributed by atoms with Crippen molar-refractivity contribution in [2.75, 3.05) is 6.61 Å². The summed E-state index contributed by atoms with van der Waals surface area (Å²) in [5.74, 6) is -0.803. The smallest absolute Gasteiger partial charge is 0.307 e. The molecule has 4 heteroatoms. The molecule has 0 radical (unpaired) electrons. The van der Waals surface area contributed by atoms with Gasteiger partial charge in [-0.25, -0.2) is 0 Å². The van der Waals surface area contributed by atoms with Crippen molar-refractivity contribution in [3.05, 3.63) is 83.9 Å². The number of hydrogen-bond donors (Lipinski definition) is 0. The minimum absolute atomic E-state index is 0.00323. The molecule has 2 aromatic carbocycles. The lowest BCUT2D eigenvalue weighted by Crippen LogP contribution is -2.15. The van der Waals surface area contributed by atoms with Crippen LogP contribution in [0, 0.1) is 0 Å². The molecule has 33 heavy (non-hydrogen) atoms. The lowest BCUT2D eigenvalue weighted by Gasteiger charge is -2.18. The average Bonchev–Trinajstić information content (AvgIpc) is 2.85. The first-order valence-electron chi connectivity index (χ1n) is 12.3. The van der Waals surface area contributed by atoms with E-state index in [0.29, 0.717) is 0 Å². The summed E-state index contributed by atoms with van der Waals surface area (Å²) in [5.41, 5.74) is 1.79. The lowest BCUT2D eigenvalue weighted by atomic mass is 10.0. The SMILES string of the molecule is CCCCCCCCC/C=C/COC(=O)CCC(=O)OC(c1ccccc1)c1ccccc1. The molecular weight excluding hydrogens is 412 g/mol. The van der Waals surface area contributed by atoms with Crippen molar-refractivity contribution in [3.8, 4) is 0 Å². The molecule has 0 unspecified atom stereocenters. The van der Waals surface area contributed by atoms with Crippen LogP contribution in [0.25, 0.3) is 0 Å². The van der Waals surface area contributed by atoms with Gasteiger partial charge in [0.15, 0.2) is 6.10 Å². The normalized spacial score (nSPS) is 11.1. The summed E-state index contributed by atoms with van der Waals surface area (Å²) in [5, 5.41) is 0. The Bertz CT molecular complexity index is 775. The molecule has 4 nitrogen and oxygen atoms in total. The molecule has 0 N–H and O–H groups in total. The summed E-state index contributed by atoms with van der Waals surface area (Å²) < 4.78 is 10.9. The fourth-order valence-corrected chi connectivity index (χ4v) is 3.60. The van der Waals surface area contributed by atoms with Gasteiger partial charge in [-0.1, -0.05) is 118 Å². The molecule has 0 atom stereocenters. The van der Waals surface area contributed by atoms with Crippen LogP contribution in [0.4, 0.5) is 0 Å². The Morgan fingerprint density at radius 3 is 1.88 bits per heavy atom. The van der Waals surface area contributed by atoms with Crippen LogP contribution in [0.15, 0.2) is 72.8 Å². The molecule has 0 aliphatic rings. The zero-order valence-corrected chi connectivity index (χ0v) is 19.9. The van der Waals surface area contributed by atoms with Crippen molar-refractivity contribution in [1.29, 1.82) is 0 Å². The van der Waals surface area contributed by atoms with E-state index in [-0.39, 0.29) is 25.4 Å². The van der Waals surface area contributed by atoms with Crippen LogP contribution in [0.2, 0.25) is 0 Å². The topological polar surface area (TPSA) is 52.6 Å². The van der Waals surface area contributed by atoms with E-state index >= 15 is 0 Å². The fraction of sp³-hybridized carbons (Fsp3) is 0.448. The van der Waals surface area contributed by atoms with Gasteiger partial charge < -0.3 is 9.47 Å². The van der Waals surface area contributed by atoms with Crippen LogP contribution in [0.3, 0.4) is 0 Å². The number of rotatable bonds is 16. The molecular formula is C29H38O4. The van der Waals surface area contributed by atoms with Gasteiger partial charge in [0.1, 0.15) is 6.61 Å². The lowest BCUT2D eigenvalue weighted by molar-refractivity contribution is -0.152. The Hall–Kier alpha value is -2.88. The maximum Gasteiger partial charge on any atom is 0.307 e. The van der Waals surface area contributed by atoms with Crippen molar-refractivity contribution in [2.24, 2.45) is 0 Å². The van der Waals surface area contributed by atoms with E-state index in [1.807, 2.05) is 66.7 Å². The molecule has 0 amide bonds.